The van der Waals surface area contributed by atoms with Gasteiger partial charge in [0.25, 0.3) is 0 Å². The number of carbonyl (C=O) groups excluding carboxylic acids is 2. The van der Waals surface area contributed by atoms with Crippen molar-refractivity contribution in [2.75, 3.05) is 26.6 Å². The Morgan fingerprint density at radius 2 is 1.78 bits per heavy atom. The SMILES string of the molecule is CCOC(=O)c1c(-c2ccccc2)c[nH]c1SCC(=O)NCc1ccc(OC)c(OC)c1. The number of methoxy groups -OCH3 is 2. The summed E-state index contributed by atoms with van der Waals surface area (Å²) >= 11 is 1.26. The van der Waals surface area contributed by atoms with Gasteiger partial charge in [-0.05, 0) is 30.2 Å². The maximum Gasteiger partial charge on any atom is 0.341 e. The van der Waals surface area contributed by atoms with Crippen molar-refractivity contribution >= 4 is 23.6 Å². The lowest BCUT2D eigenvalue weighted by molar-refractivity contribution is -0.118. The molecule has 1 amide bonds. The molecule has 0 bridgehead atoms. The van der Waals surface area contributed by atoms with Crippen molar-refractivity contribution in [3.05, 3.63) is 65.9 Å². The second-order valence-electron chi connectivity index (χ2n) is 6.75. The molecule has 0 atom stereocenters. The van der Waals surface area contributed by atoms with Gasteiger partial charge in [-0.25, -0.2) is 4.79 Å². The molecule has 3 rings (SSSR count). The topological polar surface area (TPSA) is 89.7 Å². The van der Waals surface area contributed by atoms with Crippen molar-refractivity contribution in [3.63, 3.8) is 0 Å². The first kappa shape index (κ1) is 23.3. The summed E-state index contributed by atoms with van der Waals surface area (Å²) in [5.41, 5.74) is 2.98. The molecule has 0 aliphatic heterocycles. The first-order valence-corrected chi connectivity index (χ1v) is 11.1. The van der Waals surface area contributed by atoms with Crippen LogP contribution in [0.1, 0.15) is 22.8 Å². The van der Waals surface area contributed by atoms with Crippen LogP contribution in [0.2, 0.25) is 0 Å². The Bertz CT molecular complexity index is 1070. The van der Waals surface area contributed by atoms with Crippen molar-refractivity contribution in [3.8, 4) is 22.6 Å². The van der Waals surface area contributed by atoms with E-state index in [0.717, 1.165) is 16.7 Å². The van der Waals surface area contributed by atoms with Gasteiger partial charge in [0.2, 0.25) is 5.91 Å². The summed E-state index contributed by atoms with van der Waals surface area (Å²) in [6.07, 6.45) is 1.77. The van der Waals surface area contributed by atoms with Crippen molar-refractivity contribution in [2.45, 2.75) is 18.5 Å². The minimum Gasteiger partial charge on any atom is -0.493 e. The smallest absolute Gasteiger partial charge is 0.341 e. The highest BCUT2D eigenvalue weighted by atomic mass is 32.2. The highest BCUT2D eigenvalue weighted by Gasteiger charge is 2.22. The normalized spacial score (nSPS) is 10.5. The number of hydrogen-bond donors (Lipinski definition) is 2. The third-order valence-corrected chi connectivity index (χ3v) is 5.71. The Balaban J connectivity index is 1.66. The summed E-state index contributed by atoms with van der Waals surface area (Å²) in [6.45, 7) is 2.39. The number of hydrogen-bond acceptors (Lipinski definition) is 6. The van der Waals surface area contributed by atoms with E-state index in [1.54, 1.807) is 33.4 Å². The number of amides is 1. The number of rotatable bonds is 10. The van der Waals surface area contributed by atoms with Crippen LogP contribution in [0.25, 0.3) is 11.1 Å². The molecule has 3 aromatic rings. The lowest BCUT2D eigenvalue weighted by Gasteiger charge is -2.10. The van der Waals surface area contributed by atoms with E-state index in [1.165, 1.54) is 11.8 Å². The highest BCUT2D eigenvalue weighted by Crippen LogP contribution is 2.32. The molecule has 0 radical (unpaired) electrons. The molecule has 0 aliphatic carbocycles. The van der Waals surface area contributed by atoms with Gasteiger partial charge in [-0.15, -0.1) is 0 Å². The summed E-state index contributed by atoms with van der Waals surface area (Å²) in [6, 6.07) is 15.1. The lowest BCUT2D eigenvalue weighted by Crippen LogP contribution is -2.24. The van der Waals surface area contributed by atoms with E-state index in [2.05, 4.69) is 10.3 Å². The Labute approximate surface area is 191 Å². The molecular weight excluding hydrogens is 428 g/mol. The van der Waals surface area contributed by atoms with E-state index in [9.17, 15) is 9.59 Å². The third-order valence-electron chi connectivity index (χ3n) is 4.69. The molecule has 168 valence electrons. The molecule has 8 heteroatoms. The molecule has 1 aromatic heterocycles. The maximum atomic E-state index is 12.6. The summed E-state index contributed by atoms with van der Waals surface area (Å²) < 4.78 is 15.8. The molecular formula is C24H26N2O5S. The number of nitrogens with one attached hydrogen (secondary N) is 2. The van der Waals surface area contributed by atoms with E-state index in [1.807, 2.05) is 42.5 Å². The number of aromatic nitrogens is 1. The van der Waals surface area contributed by atoms with Crippen LogP contribution in [-0.4, -0.2) is 43.4 Å². The highest BCUT2D eigenvalue weighted by molar-refractivity contribution is 8.00. The number of ether oxygens (including phenoxy) is 3. The average Bonchev–Trinajstić information content (AvgIpc) is 3.26. The molecule has 0 saturated carbocycles. The van der Waals surface area contributed by atoms with Crippen LogP contribution in [0.15, 0.2) is 59.8 Å². The lowest BCUT2D eigenvalue weighted by atomic mass is 10.1. The first-order chi connectivity index (χ1) is 15.6. The van der Waals surface area contributed by atoms with Crippen LogP contribution in [0, 0.1) is 0 Å². The summed E-state index contributed by atoms with van der Waals surface area (Å²) in [5.74, 6) is 0.809. The van der Waals surface area contributed by atoms with Crippen LogP contribution < -0.4 is 14.8 Å². The minimum absolute atomic E-state index is 0.147. The first-order valence-electron chi connectivity index (χ1n) is 10.1. The quantitative estimate of drug-likeness (QED) is 0.351. The summed E-state index contributed by atoms with van der Waals surface area (Å²) in [5, 5.41) is 3.48. The van der Waals surface area contributed by atoms with E-state index >= 15 is 0 Å². The predicted octanol–water partition coefficient (Wildman–Crippen LogP) is 4.28. The molecule has 0 saturated heterocycles. The van der Waals surface area contributed by atoms with Crippen molar-refractivity contribution in [1.82, 2.24) is 10.3 Å². The van der Waals surface area contributed by atoms with Gasteiger partial charge in [0.05, 0.1) is 37.2 Å². The zero-order valence-corrected chi connectivity index (χ0v) is 19.1. The number of thioether (sulfide) groups is 1. The summed E-state index contributed by atoms with van der Waals surface area (Å²) in [7, 11) is 3.14. The molecule has 2 aromatic carbocycles. The second kappa shape index (κ2) is 11.3. The van der Waals surface area contributed by atoms with Gasteiger partial charge in [0.1, 0.15) is 0 Å². The van der Waals surface area contributed by atoms with Gasteiger partial charge in [-0.1, -0.05) is 48.2 Å². The van der Waals surface area contributed by atoms with Crippen LogP contribution >= 0.6 is 11.8 Å². The molecule has 32 heavy (non-hydrogen) atoms. The third kappa shape index (κ3) is 5.64. The molecule has 1 heterocycles. The van der Waals surface area contributed by atoms with Gasteiger partial charge < -0.3 is 24.5 Å². The van der Waals surface area contributed by atoms with Crippen molar-refractivity contribution in [2.24, 2.45) is 0 Å². The maximum absolute atomic E-state index is 12.6. The van der Waals surface area contributed by atoms with E-state index in [0.29, 0.717) is 28.6 Å². The fourth-order valence-corrected chi connectivity index (χ4v) is 4.01. The standard InChI is InChI=1S/C24H26N2O5S/c1-4-31-24(28)22-18(17-8-6-5-7-9-17)14-26-23(22)32-15-21(27)25-13-16-10-11-19(29-2)20(12-16)30-3/h5-12,14,26H,4,13,15H2,1-3H3,(H,25,27). The largest absolute Gasteiger partial charge is 0.493 e. The average molecular weight is 455 g/mol. The molecule has 0 spiro atoms. The van der Waals surface area contributed by atoms with Gasteiger partial charge in [-0.3, -0.25) is 4.79 Å². The van der Waals surface area contributed by atoms with Crippen LogP contribution in [-0.2, 0) is 16.1 Å². The van der Waals surface area contributed by atoms with E-state index < -0.39 is 5.97 Å². The molecule has 0 aliphatic rings. The van der Waals surface area contributed by atoms with E-state index in [4.69, 9.17) is 14.2 Å². The van der Waals surface area contributed by atoms with Crippen molar-refractivity contribution in [1.29, 1.82) is 0 Å². The Kier molecular flexibility index (Phi) is 8.21. The molecule has 0 unspecified atom stereocenters. The van der Waals surface area contributed by atoms with Gasteiger partial charge in [0, 0.05) is 18.3 Å². The number of carbonyl (C=O) groups is 2. The minimum atomic E-state index is -0.416. The van der Waals surface area contributed by atoms with Gasteiger partial charge >= 0.3 is 5.97 Å². The van der Waals surface area contributed by atoms with E-state index in [-0.39, 0.29) is 18.3 Å². The molecule has 7 nitrogen and oxygen atoms in total. The zero-order chi connectivity index (χ0) is 22.9. The number of aromatic amines is 1. The molecule has 0 fully saturated rings. The Hall–Kier alpha value is -3.39. The van der Waals surface area contributed by atoms with Crippen LogP contribution in [0.5, 0.6) is 11.5 Å². The molecule has 2 N–H and O–H groups in total. The van der Waals surface area contributed by atoms with Crippen LogP contribution in [0.3, 0.4) is 0 Å². The second-order valence-corrected chi connectivity index (χ2v) is 7.73. The number of benzene rings is 2. The summed E-state index contributed by atoms with van der Waals surface area (Å²) in [4.78, 5) is 28.2. The predicted molar refractivity (Wildman–Crippen MR) is 124 cm³/mol. The van der Waals surface area contributed by atoms with Crippen molar-refractivity contribution < 1.29 is 23.8 Å². The Morgan fingerprint density at radius 3 is 2.47 bits per heavy atom. The number of esters is 1. The van der Waals surface area contributed by atoms with Gasteiger partial charge in [-0.2, -0.15) is 0 Å². The Morgan fingerprint density at radius 1 is 1.03 bits per heavy atom. The van der Waals surface area contributed by atoms with Crippen LogP contribution in [0.4, 0.5) is 0 Å². The zero-order valence-electron chi connectivity index (χ0n) is 18.3. The fourth-order valence-electron chi connectivity index (χ4n) is 3.15. The number of H-pyrrole nitrogens is 1. The monoisotopic (exact) mass is 454 g/mol. The fraction of sp³-hybridized carbons (Fsp3) is 0.250. The van der Waals surface area contributed by atoms with Gasteiger partial charge in [0.15, 0.2) is 11.5 Å².